The molecule has 1 aliphatic rings. The molecule has 31 heavy (non-hydrogen) atoms. The largest absolute Gasteiger partial charge is 0.347 e. The first-order valence-electron chi connectivity index (χ1n) is 10.4. The van der Waals surface area contributed by atoms with Crippen molar-refractivity contribution in [3.8, 4) is 11.1 Å². The average Bonchev–Trinajstić information content (AvgIpc) is 3.10. The number of carbonyl (C=O) groups is 1. The molecule has 0 aliphatic carbocycles. The molecule has 3 heterocycles. The van der Waals surface area contributed by atoms with Gasteiger partial charge in [0.05, 0.1) is 17.0 Å². The van der Waals surface area contributed by atoms with Gasteiger partial charge >= 0.3 is 0 Å². The van der Waals surface area contributed by atoms with Crippen molar-refractivity contribution in [3.05, 3.63) is 59.4 Å². The van der Waals surface area contributed by atoms with Gasteiger partial charge in [0.25, 0.3) is 5.91 Å². The quantitative estimate of drug-likeness (QED) is 0.645. The van der Waals surface area contributed by atoms with Crippen molar-refractivity contribution in [3.63, 3.8) is 0 Å². The maximum Gasteiger partial charge on any atom is 0.257 e. The molecule has 8 heteroatoms. The van der Waals surface area contributed by atoms with Gasteiger partial charge in [0.2, 0.25) is 5.95 Å². The fourth-order valence-electron chi connectivity index (χ4n) is 4.16. The minimum atomic E-state index is -0.298. The number of rotatable bonds is 4. The third-order valence-corrected chi connectivity index (χ3v) is 5.68. The lowest BCUT2D eigenvalue weighted by atomic mass is 9.89. The van der Waals surface area contributed by atoms with E-state index in [4.69, 9.17) is 4.98 Å². The molecule has 162 valence electrons. The highest BCUT2D eigenvalue weighted by molar-refractivity contribution is 5.95. The summed E-state index contributed by atoms with van der Waals surface area (Å²) in [6.45, 7) is 3.11. The molecular formula is C23H27FN6O. The maximum atomic E-state index is 13.9. The summed E-state index contributed by atoms with van der Waals surface area (Å²) >= 11 is 0. The Kier molecular flexibility index (Phi) is 5.71. The SMILES string of the molecule is Cc1nn(C)cc1C(=O)N1CCC[C@H](c2nc(N(C)C)ncc2-c2cccc(F)c2)C1. The highest BCUT2D eigenvalue weighted by atomic mass is 19.1. The van der Waals surface area contributed by atoms with Crippen LogP contribution in [0.5, 0.6) is 0 Å². The molecule has 0 bridgehead atoms. The highest BCUT2D eigenvalue weighted by Crippen LogP contribution is 2.34. The molecule has 1 fully saturated rings. The van der Waals surface area contributed by atoms with Crippen LogP contribution in [0.4, 0.5) is 10.3 Å². The zero-order valence-electron chi connectivity index (χ0n) is 18.3. The molecular weight excluding hydrogens is 395 g/mol. The summed E-state index contributed by atoms with van der Waals surface area (Å²) in [5, 5.41) is 4.30. The van der Waals surface area contributed by atoms with Crippen molar-refractivity contribution in [2.75, 3.05) is 32.1 Å². The van der Waals surface area contributed by atoms with Crippen LogP contribution in [-0.4, -0.2) is 57.7 Å². The summed E-state index contributed by atoms with van der Waals surface area (Å²) in [6, 6.07) is 6.49. The summed E-state index contributed by atoms with van der Waals surface area (Å²) in [5.41, 5.74) is 3.76. The van der Waals surface area contributed by atoms with Crippen molar-refractivity contribution in [2.45, 2.75) is 25.7 Å². The number of hydrogen-bond donors (Lipinski definition) is 0. The predicted octanol–water partition coefficient (Wildman–Crippen LogP) is 3.41. The van der Waals surface area contributed by atoms with E-state index in [1.54, 1.807) is 23.1 Å². The first kappa shape index (κ1) is 21.0. The van der Waals surface area contributed by atoms with E-state index >= 15 is 0 Å². The topological polar surface area (TPSA) is 67.2 Å². The second-order valence-corrected chi connectivity index (χ2v) is 8.27. The molecule has 1 saturated heterocycles. The number of benzene rings is 1. The Labute approximate surface area is 181 Å². The van der Waals surface area contributed by atoms with E-state index in [0.29, 0.717) is 24.6 Å². The normalized spacial score (nSPS) is 16.4. The number of likely N-dealkylation sites (tertiary alicyclic amines) is 1. The van der Waals surface area contributed by atoms with Gasteiger partial charge in [0.15, 0.2) is 0 Å². The monoisotopic (exact) mass is 422 g/mol. The third kappa shape index (κ3) is 4.28. The second-order valence-electron chi connectivity index (χ2n) is 8.27. The van der Waals surface area contributed by atoms with Gasteiger partial charge in [0, 0.05) is 58.1 Å². The van der Waals surface area contributed by atoms with Crippen molar-refractivity contribution in [1.82, 2.24) is 24.6 Å². The molecule has 3 aromatic rings. The fourth-order valence-corrected chi connectivity index (χ4v) is 4.16. The van der Waals surface area contributed by atoms with Crippen LogP contribution in [0.1, 0.15) is 40.5 Å². The van der Waals surface area contributed by atoms with Gasteiger partial charge in [-0.3, -0.25) is 9.48 Å². The van der Waals surface area contributed by atoms with Gasteiger partial charge in [-0.1, -0.05) is 12.1 Å². The van der Waals surface area contributed by atoms with E-state index in [1.165, 1.54) is 12.1 Å². The molecule has 0 spiro atoms. The van der Waals surface area contributed by atoms with Gasteiger partial charge in [0.1, 0.15) is 5.82 Å². The summed E-state index contributed by atoms with van der Waals surface area (Å²) in [5.74, 6) is 0.327. The third-order valence-electron chi connectivity index (χ3n) is 5.68. The van der Waals surface area contributed by atoms with Gasteiger partial charge in [-0.15, -0.1) is 0 Å². The van der Waals surface area contributed by atoms with Gasteiger partial charge in [-0.05, 0) is 37.5 Å². The molecule has 0 N–H and O–H groups in total. The lowest BCUT2D eigenvalue weighted by Crippen LogP contribution is -2.39. The van der Waals surface area contributed by atoms with Crippen molar-refractivity contribution < 1.29 is 9.18 Å². The smallest absolute Gasteiger partial charge is 0.257 e. The van der Waals surface area contributed by atoms with Crippen molar-refractivity contribution >= 4 is 11.9 Å². The zero-order valence-corrected chi connectivity index (χ0v) is 18.3. The molecule has 0 unspecified atom stereocenters. The molecule has 2 aromatic heterocycles. The number of carbonyl (C=O) groups excluding carboxylic acids is 1. The van der Waals surface area contributed by atoms with Crippen LogP contribution in [0.15, 0.2) is 36.7 Å². The van der Waals surface area contributed by atoms with Gasteiger partial charge in [-0.2, -0.15) is 5.10 Å². The predicted molar refractivity (Wildman–Crippen MR) is 118 cm³/mol. The first-order chi connectivity index (χ1) is 14.8. The van der Waals surface area contributed by atoms with Gasteiger partial charge < -0.3 is 9.80 Å². The van der Waals surface area contributed by atoms with Crippen molar-refractivity contribution in [1.29, 1.82) is 0 Å². The molecule has 1 amide bonds. The van der Waals surface area contributed by atoms with Crippen LogP contribution in [-0.2, 0) is 7.05 Å². The minimum absolute atomic E-state index is 0.00973. The highest BCUT2D eigenvalue weighted by Gasteiger charge is 2.30. The lowest BCUT2D eigenvalue weighted by molar-refractivity contribution is 0.0705. The Morgan fingerprint density at radius 3 is 2.77 bits per heavy atom. The average molecular weight is 423 g/mol. The van der Waals surface area contributed by atoms with E-state index in [2.05, 4.69) is 10.1 Å². The number of halogens is 1. The van der Waals surface area contributed by atoms with E-state index in [9.17, 15) is 9.18 Å². The molecule has 7 nitrogen and oxygen atoms in total. The fraction of sp³-hybridized carbons (Fsp3) is 0.391. The second kappa shape index (κ2) is 8.45. The molecule has 0 saturated carbocycles. The number of amides is 1. The van der Waals surface area contributed by atoms with Gasteiger partial charge in [-0.25, -0.2) is 14.4 Å². The van der Waals surface area contributed by atoms with Crippen LogP contribution in [0, 0.1) is 12.7 Å². The number of hydrogen-bond acceptors (Lipinski definition) is 5. The number of nitrogens with zero attached hydrogens (tertiary/aromatic N) is 6. The van der Waals surface area contributed by atoms with Crippen LogP contribution >= 0.6 is 0 Å². The minimum Gasteiger partial charge on any atom is -0.347 e. The Hall–Kier alpha value is -3.29. The standard InChI is InChI=1S/C23H27FN6O/c1-15-20(14-29(4)27-15)22(31)30-10-6-8-17(13-30)21-19(12-25-23(26-21)28(2)3)16-7-5-9-18(24)11-16/h5,7,9,11-12,14,17H,6,8,10,13H2,1-4H3/t17-/m0/s1. The molecule has 0 radical (unpaired) electrons. The molecule has 1 aliphatic heterocycles. The number of aryl methyl sites for hydroxylation is 2. The Balaban J connectivity index is 1.69. The lowest BCUT2D eigenvalue weighted by Gasteiger charge is -2.33. The number of piperidine rings is 1. The maximum absolute atomic E-state index is 13.9. The zero-order chi connectivity index (χ0) is 22.1. The summed E-state index contributed by atoms with van der Waals surface area (Å²) in [7, 11) is 5.60. The summed E-state index contributed by atoms with van der Waals surface area (Å²) < 4.78 is 15.6. The van der Waals surface area contributed by atoms with E-state index in [0.717, 1.165) is 35.4 Å². The Morgan fingerprint density at radius 2 is 2.10 bits per heavy atom. The number of anilines is 1. The van der Waals surface area contributed by atoms with Crippen LogP contribution in [0.25, 0.3) is 11.1 Å². The first-order valence-corrected chi connectivity index (χ1v) is 10.4. The van der Waals surface area contributed by atoms with E-state index < -0.39 is 0 Å². The van der Waals surface area contributed by atoms with E-state index in [-0.39, 0.29) is 17.6 Å². The van der Waals surface area contributed by atoms with Crippen LogP contribution in [0.3, 0.4) is 0 Å². The van der Waals surface area contributed by atoms with E-state index in [1.807, 2.05) is 43.9 Å². The number of aromatic nitrogens is 4. The van der Waals surface area contributed by atoms with Crippen molar-refractivity contribution in [2.24, 2.45) is 7.05 Å². The Morgan fingerprint density at radius 1 is 1.29 bits per heavy atom. The molecule has 1 aromatic carbocycles. The summed E-state index contributed by atoms with van der Waals surface area (Å²) in [6.07, 6.45) is 5.31. The summed E-state index contributed by atoms with van der Waals surface area (Å²) in [4.78, 5) is 26.2. The Bertz CT molecular complexity index is 1110. The molecule has 1 atom stereocenters. The van der Waals surface area contributed by atoms with Crippen LogP contribution < -0.4 is 4.90 Å². The molecule has 4 rings (SSSR count). The van der Waals surface area contributed by atoms with Crippen LogP contribution in [0.2, 0.25) is 0 Å².